The third kappa shape index (κ3) is 5.33. The maximum atomic E-state index is 12.1. The quantitative estimate of drug-likeness (QED) is 0.841. The zero-order chi connectivity index (χ0) is 16.0. The minimum Gasteiger partial charge on any atom is -0.491 e. The fourth-order valence-corrected chi connectivity index (χ4v) is 3.77. The van der Waals surface area contributed by atoms with Crippen LogP contribution in [-0.4, -0.2) is 32.0 Å². The molecule has 0 aliphatic heterocycles. The number of aliphatic hydroxyl groups is 1. The van der Waals surface area contributed by atoms with Gasteiger partial charge >= 0.3 is 0 Å². The van der Waals surface area contributed by atoms with Crippen molar-refractivity contribution in [3.63, 3.8) is 0 Å². The molecule has 0 fully saturated rings. The van der Waals surface area contributed by atoms with Crippen LogP contribution in [0.5, 0.6) is 5.75 Å². The van der Waals surface area contributed by atoms with Gasteiger partial charge in [0.2, 0.25) is 0 Å². The molecule has 0 radical (unpaired) electrons. The largest absolute Gasteiger partial charge is 0.491 e. The second-order valence-corrected chi connectivity index (χ2v) is 7.44. The van der Waals surface area contributed by atoms with Crippen molar-refractivity contribution in [2.75, 3.05) is 12.4 Å². The number of hydrogen-bond donors (Lipinski definition) is 1. The fraction of sp³-hybridized carbons (Fsp3) is 0.250. The molecular formula is C16H17ClO4S. The van der Waals surface area contributed by atoms with Gasteiger partial charge in [0.1, 0.15) is 18.5 Å². The highest BCUT2D eigenvalue weighted by Crippen LogP contribution is 2.18. The van der Waals surface area contributed by atoms with Gasteiger partial charge in [-0.05, 0) is 23.8 Å². The first kappa shape index (κ1) is 16.8. The summed E-state index contributed by atoms with van der Waals surface area (Å²) in [6.07, 6.45) is -1.09. The molecule has 0 spiro atoms. The van der Waals surface area contributed by atoms with Crippen molar-refractivity contribution in [2.24, 2.45) is 0 Å². The Balaban J connectivity index is 1.90. The van der Waals surface area contributed by atoms with Crippen molar-refractivity contribution < 1.29 is 18.3 Å². The van der Waals surface area contributed by atoms with Crippen LogP contribution in [-0.2, 0) is 15.6 Å². The van der Waals surface area contributed by atoms with Crippen LogP contribution in [0.3, 0.4) is 0 Å². The third-order valence-electron chi connectivity index (χ3n) is 2.97. The van der Waals surface area contributed by atoms with Crippen LogP contribution in [0, 0.1) is 0 Å². The molecule has 1 N–H and O–H groups in total. The van der Waals surface area contributed by atoms with Gasteiger partial charge in [-0.3, -0.25) is 0 Å². The lowest BCUT2D eigenvalue weighted by Gasteiger charge is -2.13. The number of para-hydroxylation sites is 1. The molecule has 22 heavy (non-hydrogen) atoms. The van der Waals surface area contributed by atoms with E-state index < -0.39 is 15.9 Å². The lowest BCUT2D eigenvalue weighted by molar-refractivity contribution is 0.125. The molecule has 2 aromatic rings. The van der Waals surface area contributed by atoms with Crippen LogP contribution in [0.15, 0.2) is 54.6 Å². The smallest absolute Gasteiger partial charge is 0.157 e. The van der Waals surface area contributed by atoms with Crippen LogP contribution < -0.4 is 4.74 Å². The molecule has 0 amide bonds. The molecule has 0 aliphatic carbocycles. The number of benzene rings is 2. The first-order valence-corrected chi connectivity index (χ1v) is 8.96. The van der Waals surface area contributed by atoms with Gasteiger partial charge in [0.15, 0.2) is 9.84 Å². The molecule has 6 heteroatoms. The molecule has 2 rings (SSSR count). The predicted octanol–water partition coefficient (Wildman–Crippen LogP) is 2.69. The average Bonchev–Trinajstić information content (AvgIpc) is 2.48. The Labute approximate surface area is 135 Å². The van der Waals surface area contributed by atoms with Gasteiger partial charge in [-0.25, -0.2) is 8.42 Å². The molecule has 0 bridgehead atoms. The Morgan fingerprint density at radius 1 is 1.05 bits per heavy atom. The zero-order valence-corrected chi connectivity index (χ0v) is 13.4. The van der Waals surface area contributed by atoms with E-state index in [1.165, 1.54) is 0 Å². The van der Waals surface area contributed by atoms with Crippen molar-refractivity contribution in [1.82, 2.24) is 0 Å². The number of halogens is 1. The minimum absolute atomic E-state index is 0.0776. The van der Waals surface area contributed by atoms with Crippen LogP contribution >= 0.6 is 11.6 Å². The maximum Gasteiger partial charge on any atom is 0.157 e. The SMILES string of the molecule is O=S(=O)(Cc1ccccc1Cl)CC(O)COc1ccccc1. The highest BCUT2D eigenvalue weighted by atomic mass is 35.5. The number of sulfone groups is 1. The topological polar surface area (TPSA) is 63.6 Å². The van der Waals surface area contributed by atoms with Gasteiger partial charge in [-0.15, -0.1) is 0 Å². The Morgan fingerprint density at radius 2 is 1.68 bits per heavy atom. The Morgan fingerprint density at radius 3 is 2.36 bits per heavy atom. The molecule has 1 unspecified atom stereocenters. The fourth-order valence-electron chi connectivity index (χ4n) is 1.96. The maximum absolute atomic E-state index is 12.1. The summed E-state index contributed by atoms with van der Waals surface area (Å²) < 4.78 is 29.5. The second kappa shape index (κ2) is 7.63. The Bertz CT molecular complexity index is 701. The van der Waals surface area contributed by atoms with E-state index in [-0.39, 0.29) is 18.1 Å². The van der Waals surface area contributed by atoms with Crippen LogP contribution in [0.2, 0.25) is 5.02 Å². The molecule has 4 nitrogen and oxygen atoms in total. The molecule has 2 aromatic carbocycles. The molecule has 0 aromatic heterocycles. The first-order valence-electron chi connectivity index (χ1n) is 6.76. The Kier molecular flexibility index (Phi) is 5.83. The molecule has 0 saturated carbocycles. The van der Waals surface area contributed by atoms with E-state index in [1.807, 2.05) is 6.07 Å². The predicted molar refractivity (Wildman–Crippen MR) is 86.9 cm³/mol. The van der Waals surface area contributed by atoms with Crippen LogP contribution in [0.25, 0.3) is 0 Å². The third-order valence-corrected chi connectivity index (χ3v) is 4.98. The van der Waals surface area contributed by atoms with Gasteiger partial charge in [0.25, 0.3) is 0 Å². The van der Waals surface area contributed by atoms with Crippen molar-refractivity contribution in [3.8, 4) is 5.75 Å². The summed E-state index contributed by atoms with van der Waals surface area (Å²) in [6.45, 7) is -0.0776. The second-order valence-electron chi connectivity index (χ2n) is 4.92. The number of ether oxygens (including phenoxy) is 1. The first-order chi connectivity index (χ1) is 10.5. The van der Waals surface area contributed by atoms with Crippen molar-refractivity contribution in [2.45, 2.75) is 11.9 Å². The summed E-state index contributed by atoms with van der Waals surface area (Å²) in [6, 6.07) is 15.7. The van der Waals surface area contributed by atoms with E-state index in [0.717, 1.165) is 0 Å². The van der Waals surface area contributed by atoms with Gasteiger partial charge in [-0.2, -0.15) is 0 Å². The summed E-state index contributed by atoms with van der Waals surface area (Å²) in [7, 11) is -3.48. The van der Waals surface area contributed by atoms with E-state index in [4.69, 9.17) is 16.3 Å². The average molecular weight is 341 g/mol. The lowest BCUT2D eigenvalue weighted by Crippen LogP contribution is -2.27. The van der Waals surface area contributed by atoms with E-state index in [0.29, 0.717) is 16.3 Å². The molecule has 118 valence electrons. The van der Waals surface area contributed by atoms with E-state index in [9.17, 15) is 13.5 Å². The molecule has 0 saturated heterocycles. The van der Waals surface area contributed by atoms with E-state index in [1.54, 1.807) is 48.5 Å². The van der Waals surface area contributed by atoms with Gasteiger partial charge in [0, 0.05) is 5.02 Å². The molecule has 0 aliphatic rings. The molecular weight excluding hydrogens is 324 g/mol. The highest BCUT2D eigenvalue weighted by molar-refractivity contribution is 7.90. The van der Waals surface area contributed by atoms with E-state index in [2.05, 4.69) is 0 Å². The molecule has 0 heterocycles. The van der Waals surface area contributed by atoms with Crippen molar-refractivity contribution in [1.29, 1.82) is 0 Å². The zero-order valence-electron chi connectivity index (χ0n) is 11.9. The monoisotopic (exact) mass is 340 g/mol. The highest BCUT2D eigenvalue weighted by Gasteiger charge is 2.19. The van der Waals surface area contributed by atoms with Gasteiger partial charge in [-0.1, -0.05) is 48.0 Å². The molecule has 1 atom stereocenters. The van der Waals surface area contributed by atoms with Crippen LogP contribution in [0.1, 0.15) is 5.56 Å². The number of aliphatic hydroxyl groups excluding tert-OH is 1. The summed E-state index contributed by atoms with van der Waals surface area (Å²) in [4.78, 5) is 0. The summed E-state index contributed by atoms with van der Waals surface area (Å²) in [5.41, 5.74) is 0.528. The van der Waals surface area contributed by atoms with Crippen molar-refractivity contribution >= 4 is 21.4 Å². The minimum atomic E-state index is -3.48. The van der Waals surface area contributed by atoms with E-state index >= 15 is 0 Å². The Hall–Kier alpha value is -1.56. The van der Waals surface area contributed by atoms with Crippen LogP contribution in [0.4, 0.5) is 0 Å². The summed E-state index contributed by atoms with van der Waals surface area (Å²) in [5.74, 6) is 0.0187. The summed E-state index contributed by atoms with van der Waals surface area (Å²) in [5, 5.41) is 10.3. The number of rotatable bonds is 7. The summed E-state index contributed by atoms with van der Waals surface area (Å²) >= 11 is 5.96. The van der Waals surface area contributed by atoms with Crippen molar-refractivity contribution in [3.05, 3.63) is 65.2 Å². The van der Waals surface area contributed by atoms with Gasteiger partial charge < -0.3 is 9.84 Å². The van der Waals surface area contributed by atoms with Gasteiger partial charge in [0.05, 0.1) is 11.5 Å². The number of hydrogen-bond acceptors (Lipinski definition) is 4. The lowest BCUT2D eigenvalue weighted by atomic mass is 10.2. The standard InChI is InChI=1S/C16H17ClO4S/c17-16-9-5-4-6-13(16)11-22(19,20)12-14(18)10-21-15-7-2-1-3-8-15/h1-9,14,18H,10-12H2. The normalized spacial score (nSPS) is 12.8.